The van der Waals surface area contributed by atoms with Gasteiger partial charge >= 0.3 is 12.3 Å². The molecule has 0 radical (unpaired) electrons. The largest absolute Gasteiger partial charge is 0.573 e. The Morgan fingerprint density at radius 1 is 1.10 bits per heavy atom. The van der Waals surface area contributed by atoms with Gasteiger partial charge in [0.05, 0.1) is 16.5 Å². The van der Waals surface area contributed by atoms with Gasteiger partial charge in [-0.15, -0.1) is 13.2 Å². The topological polar surface area (TPSA) is 81.9 Å². The van der Waals surface area contributed by atoms with Crippen LogP contribution >= 0.6 is 22.9 Å². The summed E-state index contributed by atoms with van der Waals surface area (Å²) in [5.74, 6) is -0.130. The molecule has 5 rings (SSSR count). The Morgan fingerprint density at radius 2 is 1.83 bits per heavy atom. The molecule has 12 heteroatoms. The maximum absolute atomic E-state index is 12.7. The molecule has 1 N–H and O–H groups in total. The first-order chi connectivity index (χ1) is 20.1. The van der Waals surface area contributed by atoms with Gasteiger partial charge in [0.15, 0.2) is 4.96 Å². The molecule has 222 valence electrons. The molecule has 2 aromatic heterocycles. The van der Waals surface area contributed by atoms with Gasteiger partial charge in [0.2, 0.25) is 0 Å². The van der Waals surface area contributed by atoms with Gasteiger partial charge in [0.1, 0.15) is 11.4 Å². The van der Waals surface area contributed by atoms with E-state index in [2.05, 4.69) is 39.3 Å². The Labute approximate surface area is 249 Å². The molecular weight excluding hydrogens is 591 g/mol. The van der Waals surface area contributed by atoms with Crippen LogP contribution in [0.1, 0.15) is 66.6 Å². The molecule has 2 heterocycles. The second kappa shape index (κ2) is 12.7. The molecule has 0 atom stereocenters. The van der Waals surface area contributed by atoms with Crippen LogP contribution in [0.2, 0.25) is 5.02 Å². The Balaban J connectivity index is 1.15. The number of amides is 1. The Morgan fingerprint density at radius 3 is 2.48 bits per heavy atom. The van der Waals surface area contributed by atoms with Crippen LogP contribution in [0.5, 0.6) is 5.75 Å². The summed E-state index contributed by atoms with van der Waals surface area (Å²) in [6.07, 6.45) is 3.41. The van der Waals surface area contributed by atoms with Crippen molar-refractivity contribution >= 4 is 39.8 Å². The van der Waals surface area contributed by atoms with Crippen molar-refractivity contribution in [1.82, 2.24) is 14.7 Å². The number of imidazole rings is 1. The number of rotatable bonds is 9. The molecular formula is C30H29ClF3N3O4S. The van der Waals surface area contributed by atoms with Gasteiger partial charge < -0.3 is 14.8 Å². The van der Waals surface area contributed by atoms with E-state index in [1.54, 1.807) is 10.6 Å². The molecule has 0 unspecified atom stereocenters. The van der Waals surface area contributed by atoms with Crippen LogP contribution in [-0.2, 0) is 16.1 Å². The SMILES string of the molecule is CCOC(=O)C[C@H]1CC[C@H](c2ccc(-c3cn4cc(C(=O)NCc5ccc(OC(F)(F)F)c(Cl)c5)nc4s3)cc2)CC1. The Kier molecular flexibility index (Phi) is 9.08. The second-order valence-electron chi connectivity index (χ2n) is 10.3. The van der Waals surface area contributed by atoms with E-state index in [1.165, 1.54) is 29.0 Å². The van der Waals surface area contributed by atoms with Crippen LogP contribution in [0.4, 0.5) is 13.2 Å². The molecule has 1 aliphatic carbocycles. The van der Waals surface area contributed by atoms with E-state index in [1.807, 2.05) is 13.1 Å². The number of aromatic nitrogens is 2. The summed E-state index contributed by atoms with van der Waals surface area (Å²) in [6, 6.07) is 12.4. The lowest BCUT2D eigenvalue weighted by Gasteiger charge is -2.28. The number of thiazole rings is 1. The molecule has 1 saturated carbocycles. The first-order valence-corrected chi connectivity index (χ1v) is 14.8. The predicted octanol–water partition coefficient (Wildman–Crippen LogP) is 7.77. The third kappa shape index (κ3) is 7.43. The van der Waals surface area contributed by atoms with Crippen LogP contribution in [0.15, 0.2) is 54.9 Å². The third-order valence-corrected chi connectivity index (χ3v) is 8.68. The summed E-state index contributed by atoms with van der Waals surface area (Å²) in [4.78, 5) is 30.6. The number of alkyl halides is 3. The zero-order valence-corrected chi connectivity index (χ0v) is 24.3. The number of carbonyl (C=O) groups is 2. The highest BCUT2D eigenvalue weighted by Gasteiger charge is 2.32. The third-order valence-electron chi connectivity index (χ3n) is 7.34. The molecule has 0 spiro atoms. The van der Waals surface area contributed by atoms with Crippen LogP contribution < -0.4 is 10.1 Å². The number of halogens is 4. The van der Waals surface area contributed by atoms with Crippen molar-refractivity contribution in [2.75, 3.05) is 6.61 Å². The van der Waals surface area contributed by atoms with Crippen molar-refractivity contribution in [3.05, 3.63) is 76.7 Å². The van der Waals surface area contributed by atoms with E-state index in [0.29, 0.717) is 35.4 Å². The number of benzene rings is 2. The minimum absolute atomic E-state index is 0.0562. The molecule has 7 nitrogen and oxygen atoms in total. The smallest absolute Gasteiger partial charge is 0.466 e. The van der Waals surface area contributed by atoms with E-state index in [9.17, 15) is 22.8 Å². The predicted molar refractivity (Wildman–Crippen MR) is 154 cm³/mol. The van der Waals surface area contributed by atoms with Crippen molar-refractivity contribution in [2.24, 2.45) is 5.92 Å². The molecule has 42 heavy (non-hydrogen) atoms. The average Bonchev–Trinajstić information content (AvgIpc) is 3.53. The number of nitrogens with zero attached hydrogens (tertiary/aromatic N) is 2. The van der Waals surface area contributed by atoms with Crippen LogP contribution in [-0.4, -0.2) is 34.2 Å². The van der Waals surface area contributed by atoms with E-state index in [0.717, 1.165) is 42.2 Å². The molecule has 0 saturated heterocycles. The fraction of sp³-hybridized carbons (Fsp3) is 0.367. The number of hydrogen-bond acceptors (Lipinski definition) is 6. The van der Waals surface area contributed by atoms with E-state index in [4.69, 9.17) is 16.3 Å². The van der Waals surface area contributed by atoms with Gasteiger partial charge in [-0.3, -0.25) is 14.0 Å². The number of carbonyl (C=O) groups excluding carboxylic acids is 2. The van der Waals surface area contributed by atoms with Crippen LogP contribution in [0, 0.1) is 5.92 Å². The molecule has 0 aliphatic heterocycles. The van der Waals surface area contributed by atoms with Crippen LogP contribution in [0.3, 0.4) is 0 Å². The fourth-order valence-electron chi connectivity index (χ4n) is 5.25. The summed E-state index contributed by atoms with van der Waals surface area (Å²) >= 11 is 7.35. The first kappa shape index (κ1) is 29.9. The number of hydrogen-bond donors (Lipinski definition) is 1. The lowest BCUT2D eigenvalue weighted by molar-refractivity contribution is -0.274. The number of ether oxygens (including phenoxy) is 2. The van der Waals surface area contributed by atoms with Crippen molar-refractivity contribution in [2.45, 2.75) is 57.9 Å². The van der Waals surface area contributed by atoms with Crippen molar-refractivity contribution in [1.29, 1.82) is 0 Å². The Bertz CT molecular complexity index is 1530. The Hall–Kier alpha value is -3.57. The van der Waals surface area contributed by atoms with Gasteiger partial charge in [-0.05, 0) is 73.3 Å². The number of nitrogens with one attached hydrogen (secondary N) is 1. The lowest BCUT2D eigenvalue weighted by Crippen LogP contribution is -2.23. The molecule has 4 aromatic rings. The summed E-state index contributed by atoms with van der Waals surface area (Å²) < 4.78 is 48.0. The molecule has 1 fully saturated rings. The molecule has 0 bridgehead atoms. The quantitative estimate of drug-likeness (QED) is 0.194. The van der Waals surface area contributed by atoms with Gasteiger partial charge in [-0.1, -0.05) is 53.3 Å². The fourth-order valence-corrected chi connectivity index (χ4v) is 6.46. The maximum atomic E-state index is 12.7. The summed E-state index contributed by atoms with van der Waals surface area (Å²) in [5.41, 5.74) is 3.10. The standard InChI is InChI=1S/C30H29ClF3N3O4S/c1-2-40-27(38)14-18-3-6-20(7-4-18)21-8-10-22(11-9-21)26-17-37-16-24(36-29(37)42-26)28(39)35-15-19-5-12-25(23(31)13-19)41-30(32,33)34/h5,8-13,16-18,20H,2-4,6-7,14-15H2,1H3,(H,35,39)/t18-,20-. The normalized spacial score (nSPS) is 17.3. The monoisotopic (exact) mass is 619 g/mol. The zero-order chi connectivity index (χ0) is 29.9. The zero-order valence-electron chi connectivity index (χ0n) is 22.7. The van der Waals surface area contributed by atoms with E-state index >= 15 is 0 Å². The van der Waals surface area contributed by atoms with Gasteiger partial charge in [0.25, 0.3) is 5.91 Å². The highest BCUT2D eigenvalue weighted by atomic mass is 35.5. The van der Waals surface area contributed by atoms with E-state index < -0.39 is 18.0 Å². The van der Waals surface area contributed by atoms with Gasteiger partial charge in [0, 0.05) is 25.4 Å². The number of esters is 1. The van der Waals surface area contributed by atoms with Crippen molar-refractivity contribution in [3.8, 4) is 16.2 Å². The minimum Gasteiger partial charge on any atom is -0.466 e. The number of fused-ring (bicyclic) bond motifs is 1. The maximum Gasteiger partial charge on any atom is 0.573 e. The average molecular weight is 620 g/mol. The summed E-state index contributed by atoms with van der Waals surface area (Å²) in [6.45, 7) is 2.31. The molecule has 2 aromatic carbocycles. The van der Waals surface area contributed by atoms with Crippen LogP contribution in [0.25, 0.3) is 15.4 Å². The highest BCUT2D eigenvalue weighted by Crippen LogP contribution is 2.38. The van der Waals surface area contributed by atoms with Gasteiger partial charge in [-0.25, -0.2) is 4.98 Å². The molecule has 1 aliphatic rings. The van der Waals surface area contributed by atoms with Crippen molar-refractivity contribution in [3.63, 3.8) is 0 Å². The van der Waals surface area contributed by atoms with Crippen molar-refractivity contribution < 1.29 is 32.2 Å². The second-order valence-corrected chi connectivity index (χ2v) is 11.7. The lowest BCUT2D eigenvalue weighted by atomic mass is 9.77. The summed E-state index contributed by atoms with van der Waals surface area (Å²) in [5, 5.41) is 2.50. The van der Waals surface area contributed by atoms with Gasteiger partial charge in [-0.2, -0.15) is 0 Å². The summed E-state index contributed by atoms with van der Waals surface area (Å²) in [7, 11) is 0. The first-order valence-electron chi connectivity index (χ1n) is 13.6. The van der Waals surface area contributed by atoms with E-state index in [-0.39, 0.29) is 23.2 Å². The minimum atomic E-state index is -4.84. The highest BCUT2D eigenvalue weighted by molar-refractivity contribution is 7.20. The molecule has 1 amide bonds.